The van der Waals surface area contributed by atoms with Crippen LogP contribution in [-0.4, -0.2) is 46.7 Å². The molecule has 1 aliphatic rings. The Morgan fingerprint density at radius 1 is 1.09 bits per heavy atom. The molecule has 8 heteroatoms. The minimum absolute atomic E-state index is 0.0593. The molecule has 0 bridgehead atoms. The first-order valence-corrected chi connectivity index (χ1v) is 10.7. The summed E-state index contributed by atoms with van der Waals surface area (Å²) in [6, 6.07) is 14.3. The number of rotatable bonds is 6. The molecule has 2 amide bonds. The number of ether oxygens (including phenoxy) is 3. The molecular weight excluding hydrogens is 426 g/mol. The molecule has 8 nitrogen and oxygen atoms in total. The van der Waals surface area contributed by atoms with Crippen molar-refractivity contribution < 1.29 is 33.7 Å². The second-order valence-electron chi connectivity index (χ2n) is 8.87. The molecule has 1 saturated heterocycles. The van der Waals surface area contributed by atoms with Gasteiger partial charge >= 0.3 is 12.1 Å². The van der Waals surface area contributed by atoms with Gasteiger partial charge in [-0.1, -0.05) is 42.5 Å². The van der Waals surface area contributed by atoms with Crippen molar-refractivity contribution in [2.75, 3.05) is 7.11 Å². The van der Waals surface area contributed by atoms with Gasteiger partial charge in [-0.05, 0) is 44.0 Å². The summed E-state index contributed by atoms with van der Waals surface area (Å²) in [5.41, 5.74) is 0.376. The highest BCUT2D eigenvalue weighted by Crippen LogP contribution is 2.38. The van der Waals surface area contributed by atoms with E-state index in [1.165, 1.54) is 7.11 Å². The first-order chi connectivity index (χ1) is 15.6. The average Bonchev–Trinajstić information content (AvgIpc) is 3.14. The normalized spacial score (nSPS) is 19.2. The number of hydrogen-bond acceptors (Lipinski definition) is 7. The highest BCUT2D eigenvalue weighted by Gasteiger charge is 2.52. The van der Waals surface area contributed by atoms with Gasteiger partial charge in [-0.25, -0.2) is 14.5 Å². The molecule has 3 atom stereocenters. The van der Waals surface area contributed by atoms with Crippen LogP contribution in [0, 0.1) is 5.92 Å². The van der Waals surface area contributed by atoms with Gasteiger partial charge in [-0.15, -0.1) is 0 Å². The van der Waals surface area contributed by atoms with E-state index in [0.717, 1.165) is 10.5 Å². The van der Waals surface area contributed by atoms with Crippen LogP contribution in [0.5, 0.6) is 5.75 Å². The molecule has 0 saturated carbocycles. The van der Waals surface area contributed by atoms with E-state index in [1.54, 1.807) is 69.3 Å². The van der Waals surface area contributed by atoms with Crippen molar-refractivity contribution in [2.24, 2.45) is 5.92 Å². The summed E-state index contributed by atoms with van der Waals surface area (Å²) in [6.07, 6.45) is -2.36. The van der Waals surface area contributed by atoms with Crippen molar-refractivity contribution in [3.8, 4) is 5.75 Å². The Morgan fingerprint density at radius 2 is 1.73 bits per heavy atom. The van der Waals surface area contributed by atoms with Crippen LogP contribution in [0.4, 0.5) is 4.79 Å². The van der Waals surface area contributed by atoms with E-state index in [0.29, 0.717) is 11.3 Å². The summed E-state index contributed by atoms with van der Waals surface area (Å²) < 4.78 is 15.9. The second-order valence-corrected chi connectivity index (χ2v) is 8.87. The number of amides is 2. The summed E-state index contributed by atoms with van der Waals surface area (Å²) in [7, 11) is 1.53. The van der Waals surface area contributed by atoms with Gasteiger partial charge < -0.3 is 19.3 Å². The van der Waals surface area contributed by atoms with E-state index in [9.17, 15) is 19.5 Å². The van der Waals surface area contributed by atoms with E-state index in [2.05, 4.69) is 0 Å². The predicted molar refractivity (Wildman–Crippen MR) is 119 cm³/mol. The van der Waals surface area contributed by atoms with Crippen LogP contribution in [0.15, 0.2) is 54.6 Å². The van der Waals surface area contributed by atoms with Crippen LogP contribution in [0.1, 0.15) is 44.4 Å². The number of carbonyl (C=O) groups excluding carboxylic acids is 3. The summed E-state index contributed by atoms with van der Waals surface area (Å²) >= 11 is 0. The lowest BCUT2D eigenvalue weighted by molar-refractivity contribution is -0.163. The van der Waals surface area contributed by atoms with E-state index < -0.39 is 41.6 Å². The van der Waals surface area contributed by atoms with Gasteiger partial charge in [-0.3, -0.25) is 4.79 Å². The quantitative estimate of drug-likeness (QED) is 0.664. The Labute approximate surface area is 193 Å². The molecule has 1 unspecified atom stereocenters. The lowest BCUT2D eigenvalue weighted by Crippen LogP contribution is -2.48. The monoisotopic (exact) mass is 455 g/mol. The van der Waals surface area contributed by atoms with Crippen LogP contribution in [0.2, 0.25) is 0 Å². The summed E-state index contributed by atoms with van der Waals surface area (Å²) in [4.78, 5) is 39.6. The second kappa shape index (κ2) is 10.0. The molecule has 0 spiro atoms. The number of benzene rings is 2. The molecule has 0 radical (unpaired) electrons. The summed E-state index contributed by atoms with van der Waals surface area (Å²) in [5, 5.41) is 11.0. The molecule has 1 N–H and O–H groups in total. The summed E-state index contributed by atoms with van der Waals surface area (Å²) in [6.45, 7) is 5.01. The number of aliphatic hydroxyl groups is 1. The molecule has 0 aromatic heterocycles. The molecule has 33 heavy (non-hydrogen) atoms. The zero-order valence-corrected chi connectivity index (χ0v) is 19.2. The largest absolute Gasteiger partial charge is 0.497 e. The number of hydrogen-bond donors (Lipinski definition) is 1. The number of methoxy groups -OCH3 is 1. The van der Waals surface area contributed by atoms with Crippen molar-refractivity contribution >= 4 is 18.0 Å². The number of likely N-dealkylation sites (tertiary alicyclic amines) is 1. The third-order valence-electron chi connectivity index (χ3n) is 5.28. The number of esters is 1. The smallest absolute Gasteiger partial charge is 0.417 e. The van der Waals surface area contributed by atoms with E-state index >= 15 is 0 Å². The Bertz CT molecular complexity index is 982. The van der Waals surface area contributed by atoms with Crippen LogP contribution < -0.4 is 4.74 Å². The lowest BCUT2D eigenvalue weighted by atomic mass is 9.89. The number of nitrogens with zero attached hydrogens (tertiary/aromatic N) is 1. The maximum atomic E-state index is 13.1. The molecule has 2 aromatic rings. The Balaban J connectivity index is 1.86. The minimum Gasteiger partial charge on any atom is -0.497 e. The zero-order chi connectivity index (χ0) is 24.2. The third kappa shape index (κ3) is 5.90. The average molecular weight is 456 g/mol. The molecule has 2 aromatic carbocycles. The van der Waals surface area contributed by atoms with Gasteiger partial charge in [-0.2, -0.15) is 0 Å². The van der Waals surface area contributed by atoms with Crippen LogP contribution in [0.25, 0.3) is 0 Å². The van der Waals surface area contributed by atoms with Crippen molar-refractivity contribution in [1.82, 2.24) is 4.90 Å². The van der Waals surface area contributed by atoms with E-state index in [4.69, 9.17) is 14.2 Å². The number of imide groups is 1. The van der Waals surface area contributed by atoms with Crippen LogP contribution >= 0.6 is 0 Å². The molecule has 1 aliphatic heterocycles. The SMILES string of the molecule is COc1ccc(C(O)[C@@H]2CC(=O)N(C(=O)OCc3ccccc3)[C@@H]2C(=O)OC(C)(C)C)cc1. The Morgan fingerprint density at radius 3 is 2.30 bits per heavy atom. The standard InChI is InChI=1S/C25H29NO7/c1-25(2,3)33-23(29)21-19(22(28)17-10-12-18(31-4)13-11-17)14-20(27)26(21)24(30)32-15-16-8-6-5-7-9-16/h5-13,19,21-22,28H,14-15H2,1-4H3/t19-,21+,22?/m1/s1. The lowest BCUT2D eigenvalue weighted by Gasteiger charge is -2.30. The van der Waals surface area contributed by atoms with Gasteiger partial charge in [0.1, 0.15) is 24.0 Å². The fourth-order valence-electron chi connectivity index (χ4n) is 3.74. The Kier molecular flexibility index (Phi) is 7.38. The molecule has 1 heterocycles. The molecule has 1 fully saturated rings. The number of carbonyl (C=O) groups is 3. The topological polar surface area (TPSA) is 102 Å². The number of aliphatic hydroxyl groups excluding tert-OH is 1. The van der Waals surface area contributed by atoms with Crippen LogP contribution in [-0.2, 0) is 25.7 Å². The van der Waals surface area contributed by atoms with Gasteiger partial charge in [0.2, 0.25) is 5.91 Å². The van der Waals surface area contributed by atoms with Crippen molar-refractivity contribution in [2.45, 2.75) is 51.5 Å². The summed E-state index contributed by atoms with van der Waals surface area (Å²) in [5.74, 6) is -1.68. The first kappa shape index (κ1) is 24.3. The molecule has 0 aliphatic carbocycles. The van der Waals surface area contributed by atoms with Gasteiger partial charge in [0, 0.05) is 12.3 Å². The third-order valence-corrected chi connectivity index (χ3v) is 5.28. The molecular formula is C25H29NO7. The highest BCUT2D eigenvalue weighted by atomic mass is 16.6. The van der Waals surface area contributed by atoms with Crippen molar-refractivity contribution in [3.05, 3.63) is 65.7 Å². The van der Waals surface area contributed by atoms with Gasteiger partial charge in [0.25, 0.3) is 0 Å². The first-order valence-electron chi connectivity index (χ1n) is 10.7. The van der Waals surface area contributed by atoms with Crippen molar-refractivity contribution in [1.29, 1.82) is 0 Å². The maximum absolute atomic E-state index is 13.1. The predicted octanol–water partition coefficient (Wildman–Crippen LogP) is 3.62. The minimum atomic E-state index is -1.32. The Hall–Kier alpha value is -3.39. The van der Waals surface area contributed by atoms with E-state index in [-0.39, 0.29) is 13.0 Å². The fourth-order valence-corrected chi connectivity index (χ4v) is 3.74. The zero-order valence-electron chi connectivity index (χ0n) is 19.2. The van der Waals surface area contributed by atoms with Gasteiger partial charge in [0.05, 0.1) is 13.2 Å². The fraction of sp³-hybridized carbons (Fsp3) is 0.400. The van der Waals surface area contributed by atoms with Crippen LogP contribution in [0.3, 0.4) is 0 Å². The molecule has 3 rings (SSSR count). The molecule has 176 valence electrons. The van der Waals surface area contributed by atoms with Crippen molar-refractivity contribution in [3.63, 3.8) is 0 Å². The van der Waals surface area contributed by atoms with E-state index in [1.807, 2.05) is 6.07 Å². The van der Waals surface area contributed by atoms with Gasteiger partial charge in [0.15, 0.2) is 0 Å². The highest BCUT2D eigenvalue weighted by molar-refractivity contribution is 6.00. The maximum Gasteiger partial charge on any atom is 0.417 e.